The number of amides is 3. The summed E-state index contributed by atoms with van der Waals surface area (Å²) in [4.78, 5) is 32.6. The molecule has 2 aromatic rings. The van der Waals surface area contributed by atoms with E-state index < -0.39 is 11.7 Å². The zero-order valence-corrected chi connectivity index (χ0v) is 25.6. The molecule has 3 fully saturated rings. The smallest absolute Gasteiger partial charge is 0.334 e. The van der Waals surface area contributed by atoms with Crippen LogP contribution < -0.4 is 10.1 Å². The van der Waals surface area contributed by atoms with Crippen LogP contribution in [-0.4, -0.2) is 95.5 Å². The molecule has 0 saturated carbocycles. The number of fused-ring (bicyclic) bond motifs is 2. The highest BCUT2D eigenvalue weighted by atomic mass is 16.5. The molecule has 9 nitrogen and oxygen atoms in total. The van der Waals surface area contributed by atoms with Gasteiger partial charge in [0, 0.05) is 32.6 Å². The van der Waals surface area contributed by atoms with Crippen LogP contribution >= 0.6 is 0 Å². The molecule has 3 amide bonds. The van der Waals surface area contributed by atoms with E-state index in [1.165, 1.54) is 11.1 Å². The van der Waals surface area contributed by atoms with E-state index in [0.717, 1.165) is 30.7 Å². The van der Waals surface area contributed by atoms with E-state index in [2.05, 4.69) is 77.9 Å². The van der Waals surface area contributed by atoms with Gasteiger partial charge in [0.2, 0.25) is 5.91 Å². The Bertz CT molecular complexity index is 1490. The van der Waals surface area contributed by atoms with Crippen molar-refractivity contribution >= 4 is 11.9 Å². The van der Waals surface area contributed by atoms with Gasteiger partial charge in [-0.15, -0.1) is 0 Å². The lowest BCUT2D eigenvalue weighted by Crippen LogP contribution is -2.88. The fourth-order valence-electron chi connectivity index (χ4n) is 8.05. The molecule has 5 aliphatic heterocycles. The van der Waals surface area contributed by atoms with Crippen molar-refractivity contribution in [1.29, 1.82) is 0 Å². The van der Waals surface area contributed by atoms with E-state index in [4.69, 9.17) is 9.47 Å². The first-order valence-corrected chi connectivity index (χ1v) is 15.7. The molecule has 4 unspecified atom stereocenters. The number of methoxy groups -OCH3 is 1. The molecule has 7 rings (SSSR count). The Labute approximate surface area is 259 Å². The molecular formula is C35H41N5O4. The summed E-state index contributed by atoms with van der Waals surface area (Å²) >= 11 is 0. The van der Waals surface area contributed by atoms with E-state index in [1.807, 2.05) is 36.2 Å². The summed E-state index contributed by atoms with van der Waals surface area (Å²) in [7, 11) is 3.47. The third kappa shape index (κ3) is 4.57. The van der Waals surface area contributed by atoms with Crippen molar-refractivity contribution < 1.29 is 19.1 Å². The number of carbonyl (C=O) groups excluding carboxylic acids is 2. The average molecular weight is 596 g/mol. The van der Waals surface area contributed by atoms with E-state index in [9.17, 15) is 9.59 Å². The molecule has 1 spiro atoms. The summed E-state index contributed by atoms with van der Waals surface area (Å²) in [6, 6.07) is 18.0. The van der Waals surface area contributed by atoms with Crippen molar-refractivity contribution in [1.82, 2.24) is 25.1 Å². The maximum atomic E-state index is 14.0. The number of rotatable bonds is 6. The van der Waals surface area contributed by atoms with Gasteiger partial charge in [-0.25, -0.2) is 14.8 Å². The number of ether oxygens (including phenoxy) is 2. The Hall–Kier alpha value is -3.92. The average Bonchev–Trinajstić information content (AvgIpc) is 3.11. The van der Waals surface area contributed by atoms with Gasteiger partial charge in [-0.05, 0) is 41.3 Å². The molecule has 5 heterocycles. The van der Waals surface area contributed by atoms with Crippen LogP contribution in [0.25, 0.3) is 0 Å². The van der Waals surface area contributed by atoms with Gasteiger partial charge in [-0.3, -0.25) is 9.69 Å². The molecule has 9 heteroatoms. The number of urea groups is 1. The maximum absolute atomic E-state index is 14.0. The molecule has 230 valence electrons. The van der Waals surface area contributed by atoms with Crippen LogP contribution in [0.5, 0.6) is 5.75 Å². The third-order valence-corrected chi connectivity index (χ3v) is 10.0. The fourth-order valence-corrected chi connectivity index (χ4v) is 8.05. The summed E-state index contributed by atoms with van der Waals surface area (Å²) in [5.41, 5.74) is 3.04. The van der Waals surface area contributed by atoms with Crippen molar-refractivity contribution in [3.63, 3.8) is 0 Å². The second-order valence-electron chi connectivity index (χ2n) is 12.4. The second-order valence-corrected chi connectivity index (χ2v) is 12.4. The van der Waals surface area contributed by atoms with Crippen molar-refractivity contribution in [3.05, 3.63) is 102 Å². The first-order chi connectivity index (χ1) is 21.4. The number of hydrogen-bond donors (Lipinski definition) is 1. The summed E-state index contributed by atoms with van der Waals surface area (Å²) < 4.78 is 11.9. The molecule has 0 radical (unpaired) electrons. The van der Waals surface area contributed by atoms with E-state index >= 15 is 0 Å². The molecule has 44 heavy (non-hydrogen) atoms. The van der Waals surface area contributed by atoms with Gasteiger partial charge in [0.05, 0.1) is 19.7 Å². The second kappa shape index (κ2) is 11.5. The van der Waals surface area contributed by atoms with Gasteiger partial charge in [0.15, 0.2) is 0 Å². The van der Waals surface area contributed by atoms with Gasteiger partial charge in [-0.1, -0.05) is 80.1 Å². The SMILES string of the molecule is CCC[C@@H]1N2C(=O)CN(C)N(C(=O)NCc3ccc(OC)cc3)[C@H]2CN2CC(c3ccccc3)C3=CC4OC(/C=C\C=C3)C412. The summed E-state index contributed by atoms with van der Waals surface area (Å²) in [5, 5.41) is 6.67. The number of nitrogens with zero attached hydrogens (tertiary/aromatic N) is 4. The number of hydrazine groups is 1. The molecule has 5 aliphatic rings. The quantitative estimate of drug-likeness (QED) is 0.543. The fraction of sp³-hybridized carbons (Fsp3) is 0.429. The normalized spacial score (nSPS) is 31.8. The number of nitrogens with one attached hydrogen (secondary N) is 1. The first kappa shape index (κ1) is 28.8. The highest BCUT2D eigenvalue weighted by Crippen LogP contribution is 2.53. The van der Waals surface area contributed by atoms with E-state index in [0.29, 0.717) is 13.1 Å². The minimum absolute atomic E-state index is 0.0543. The Morgan fingerprint density at radius 2 is 1.86 bits per heavy atom. The van der Waals surface area contributed by atoms with Crippen molar-refractivity contribution in [2.75, 3.05) is 33.8 Å². The third-order valence-electron chi connectivity index (χ3n) is 10.0. The standard InChI is InChI=1S/C35H41N5O4/c1-4-10-29-35-30-14-9-8-13-26(19-31(35)44-30)28(25-11-6-5-7-12-25)21-38(35)22-32-39(29)33(41)23-37(2)40(32)34(42)36-20-24-15-17-27(43-3)18-16-24/h5-9,11-19,28-32H,4,10,20-23H2,1-3H3,(H,36,42)/b13-8?,14-9-/t28?,29-,30?,31?,32-,35?/m0/s1. The number of benzene rings is 2. The van der Waals surface area contributed by atoms with Crippen LogP contribution in [0.2, 0.25) is 0 Å². The van der Waals surface area contributed by atoms with Crippen molar-refractivity contribution in [2.24, 2.45) is 0 Å². The molecule has 6 atom stereocenters. The van der Waals surface area contributed by atoms with Crippen LogP contribution in [-0.2, 0) is 16.1 Å². The minimum Gasteiger partial charge on any atom is -0.497 e. The van der Waals surface area contributed by atoms with Crippen LogP contribution in [0, 0.1) is 0 Å². The van der Waals surface area contributed by atoms with E-state index in [1.54, 1.807) is 17.1 Å². The molecule has 3 bridgehead atoms. The van der Waals surface area contributed by atoms with Crippen LogP contribution in [0.15, 0.2) is 90.6 Å². The summed E-state index contributed by atoms with van der Waals surface area (Å²) in [6.07, 6.45) is 11.8. The van der Waals surface area contributed by atoms with Gasteiger partial charge >= 0.3 is 6.03 Å². The highest BCUT2D eigenvalue weighted by molar-refractivity contribution is 5.83. The Kier molecular flexibility index (Phi) is 7.56. The summed E-state index contributed by atoms with van der Waals surface area (Å²) in [5.74, 6) is 0.959. The Balaban J connectivity index is 1.26. The first-order valence-electron chi connectivity index (χ1n) is 15.7. The number of hydrogen-bond acceptors (Lipinski definition) is 6. The Morgan fingerprint density at radius 3 is 2.61 bits per heavy atom. The minimum atomic E-state index is -0.443. The molecule has 3 saturated heterocycles. The van der Waals surface area contributed by atoms with Crippen LogP contribution in [0.1, 0.15) is 36.8 Å². The summed E-state index contributed by atoms with van der Waals surface area (Å²) in [6.45, 7) is 4.00. The number of piperazine rings is 1. The monoisotopic (exact) mass is 595 g/mol. The molecule has 1 N–H and O–H groups in total. The molecule has 2 aromatic carbocycles. The maximum Gasteiger partial charge on any atom is 0.334 e. The lowest BCUT2D eigenvalue weighted by molar-refractivity contribution is -0.285. The molecule has 0 aliphatic carbocycles. The number of allylic oxidation sites excluding steroid dienone is 3. The predicted molar refractivity (Wildman–Crippen MR) is 168 cm³/mol. The highest BCUT2D eigenvalue weighted by Gasteiger charge is 2.69. The van der Waals surface area contributed by atoms with Gasteiger partial charge in [-0.2, -0.15) is 0 Å². The predicted octanol–water partition coefficient (Wildman–Crippen LogP) is 4.06. The molecular weight excluding hydrogens is 554 g/mol. The number of carbonyl (C=O) groups is 2. The van der Waals surface area contributed by atoms with Gasteiger partial charge < -0.3 is 19.7 Å². The van der Waals surface area contributed by atoms with Crippen LogP contribution in [0.3, 0.4) is 0 Å². The van der Waals surface area contributed by atoms with Crippen LogP contribution in [0.4, 0.5) is 4.79 Å². The lowest BCUT2D eigenvalue weighted by Gasteiger charge is -2.69. The largest absolute Gasteiger partial charge is 0.497 e. The number of likely N-dealkylation sites (N-methyl/N-ethyl adjacent to an activating group) is 1. The lowest BCUT2D eigenvalue weighted by atomic mass is 9.68. The van der Waals surface area contributed by atoms with Gasteiger partial charge in [0.25, 0.3) is 0 Å². The topological polar surface area (TPSA) is 77.6 Å². The zero-order valence-electron chi connectivity index (χ0n) is 25.6. The Morgan fingerprint density at radius 1 is 1.07 bits per heavy atom. The van der Waals surface area contributed by atoms with Crippen molar-refractivity contribution in [3.8, 4) is 5.75 Å². The van der Waals surface area contributed by atoms with Gasteiger partial charge in [0.1, 0.15) is 29.7 Å². The van der Waals surface area contributed by atoms with E-state index in [-0.39, 0.29) is 42.7 Å². The van der Waals surface area contributed by atoms with Crippen molar-refractivity contribution in [2.45, 2.75) is 62.2 Å². The molecule has 0 aromatic heterocycles. The zero-order chi connectivity index (χ0) is 30.4.